The summed E-state index contributed by atoms with van der Waals surface area (Å²) >= 11 is 1.44. The number of hydrogen-bond acceptors (Lipinski definition) is 5. The normalized spacial score (nSPS) is 23.6. The first kappa shape index (κ1) is 15.3. The van der Waals surface area contributed by atoms with Gasteiger partial charge in [0.15, 0.2) is 10.8 Å². The summed E-state index contributed by atoms with van der Waals surface area (Å²) < 4.78 is 4.81. The maximum Gasteiger partial charge on any atom is 0.357 e. The van der Waals surface area contributed by atoms with Crippen LogP contribution in [0, 0.1) is 11.3 Å². The fourth-order valence-electron chi connectivity index (χ4n) is 3.09. The fourth-order valence-corrected chi connectivity index (χ4v) is 4.08. The summed E-state index contributed by atoms with van der Waals surface area (Å²) in [6, 6.07) is 0. The van der Waals surface area contributed by atoms with E-state index < -0.39 is 0 Å². The summed E-state index contributed by atoms with van der Waals surface area (Å²) in [5.41, 5.74) is 6.56. The third-order valence-electron chi connectivity index (χ3n) is 4.37. The Morgan fingerprint density at radius 3 is 2.40 bits per heavy atom. The van der Waals surface area contributed by atoms with Crippen LogP contribution in [-0.4, -0.2) is 18.1 Å². The molecule has 2 rings (SSSR count). The van der Waals surface area contributed by atoms with Crippen molar-refractivity contribution in [1.82, 2.24) is 4.98 Å². The Labute approximate surface area is 124 Å². The van der Waals surface area contributed by atoms with Crippen molar-refractivity contribution in [3.63, 3.8) is 0 Å². The van der Waals surface area contributed by atoms with E-state index >= 15 is 0 Å². The Bertz CT molecular complexity index is 483. The number of thiazole rings is 1. The zero-order valence-corrected chi connectivity index (χ0v) is 13.5. The van der Waals surface area contributed by atoms with Crippen LogP contribution in [0.2, 0.25) is 0 Å². The Morgan fingerprint density at radius 2 is 1.90 bits per heavy atom. The number of carbonyl (C=O) groups is 1. The van der Waals surface area contributed by atoms with Gasteiger partial charge in [0.05, 0.1) is 7.11 Å². The zero-order valence-electron chi connectivity index (χ0n) is 12.7. The van der Waals surface area contributed by atoms with Crippen LogP contribution in [0.25, 0.3) is 0 Å². The predicted octanol–water partition coefficient (Wildman–Crippen LogP) is 3.83. The van der Waals surface area contributed by atoms with Crippen molar-refractivity contribution in [2.24, 2.45) is 11.3 Å². The number of ether oxygens (including phenoxy) is 1. The molecule has 0 aromatic carbocycles. The first-order chi connectivity index (χ1) is 9.32. The second-order valence-electron chi connectivity index (χ2n) is 6.67. The number of anilines is 1. The maximum atomic E-state index is 11.8. The van der Waals surface area contributed by atoms with Crippen molar-refractivity contribution in [1.29, 1.82) is 0 Å². The topological polar surface area (TPSA) is 65.2 Å². The number of nitrogen functional groups attached to an aromatic ring is 1. The average molecular weight is 296 g/mol. The molecule has 0 unspecified atom stereocenters. The van der Waals surface area contributed by atoms with Gasteiger partial charge < -0.3 is 10.5 Å². The predicted molar refractivity (Wildman–Crippen MR) is 82.0 cm³/mol. The van der Waals surface area contributed by atoms with E-state index in [1.54, 1.807) is 0 Å². The van der Waals surface area contributed by atoms with Gasteiger partial charge in [0, 0.05) is 4.88 Å². The highest BCUT2D eigenvalue weighted by atomic mass is 32.1. The SMILES string of the molecule is COC(=O)c1nc(N)sc1C1CCC(C(C)(C)C)CC1. The quantitative estimate of drug-likeness (QED) is 0.842. The third-order valence-corrected chi connectivity index (χ3v) is 5.42. The summed E-state index contributed by atoms with van der Waals surface area (Å²) in [7, 11) is 1.39. The number of esters is 1. The van der Waals surface area contributed by atoms with E-state index in [4.69, 9.17) is 10.5 Å². The fraction of sp³-hybridized carbons (Fsp3) is 0.733. The van der Waals surface area contributed by atoms with Crippen molar-refractivity contribution in [2.75, 3.05) is 12.8 Å². The van der Waals surface area contributed by atoms with E-state index in [9.17, 15) is 4.79 Å². The Kier molecular flexibility index (Phi) is 4.37. The van der Waals surface area contributed by atoms with E-state index in [2.05, 4.69) is 25.8 Å². The maximum absolute atomic E-state index is 11.8. The van der Waals surface area contributed by atoms with Gasteiger partial charge in [-0.25, -0.2) is 9.78 Å². The molecule has 1 aliphatic rings. The first-order valence-electron chi connectivity index (χ1n) is 7.17. The molecule has 0 bridgehead atoms. The van der Waals surface area contributed by atoms with Crippen LogP contribution in [0.15, 0.2) is 0 Å². The van der Waals surface area contributed by atoms with Gasteiger partial charge in [0.25, 0.3) is 0 Å². The summed E-state index contributed by atoms with van der Waals surface area (Å²) in [4.78, 5) is 16.9. The van der Waals surface area contributed by atoms with E-state index in [1.165, 1.54) is 31.3 Å². The zero-order chi connectivity index (χ0) is 14.9. The van der Waals surface area contributed by atoms with E-state index in [0.717, 1.165) is 23.6 Å². The summed E-state index contributed by atoms with van der Waals surface area (Å²) in [5.74, 6) is 0.786. The second kappa shape index (κ2) is 5.72. The Morgan fingerprint density at radius 1 is 1.30 bits per heavy atom. The second-order valence-corrected chi connectivity index (χ2v) is 7.73. The number of hydrogen-bond donors (Lipinski definition) is 1. The molecule has 0 spiro atoms. The lowest BCUT2D eigenvalue weighted by molar-refractivity contribution is 0.0592. The lowest BCUT2D eigenvalue weighted by Crippen LogP contribution is -2.25. The average Bonchev–Trinajstić information content (AvgIpc) is 2.79. The molecule has 20 heavy (non-hydrogen) atoms. The van der Waals surface area contributed by atoms with Gasteiger partial charge in [-0.2, -0.15) is 0 Å². The van der Waals surface area contributed by atoms with Crippen molar-refractivity contribution in [3.8, 4) is 0 Å². The van der Waals surface area contributed by atoms with Gasteiger partial charge in [-0.3, -0.25) is 0 Å². The number of aromatic nitrogens is 1. The molecule has 112 valence electrons. The third kappa shape index (κ3) is 3.14. The molecule has 1 aliphatic carbocycles. The standard InChI is InChI=1S/C15H24N2O2S/c1-15(2,3)10-7-5-9(6-8-10)12-11(13(18)19-4)17-14(16)20-12/h9-10H,5-8H2,1-4H3,(H2,16,17). The summed E-state index contributed by atoms with van der Waals surface area (Å²) in [6.45, 7) is 6.92. The highest BCUT2D eigenvalue weighted by molar-refractivity contribution is 7.15. The molecule has 0 amide bonds. The number of nitrogens with two attached hydrogens (primary N) is 1. The molecule has 1 aromatic heterocycles. The molecule has 5 heteroatoms. The smallest absolute Gasteiger partial charge is 0.357 e. The molecule has 0 aliphatic heterocycles. The molecular weight excluding hydrogens is 272 g/mol. The minimum absolute atomic E-state index is 0.364. The van der Waals surface area contributed by atoms with Gasteiger partial charge >= 0.3 is 5.97 Å². The highest BCUT2D eigenvalue weighted by Gasteiger charge is 2.33. The highest BCUT2D eigenvalue weighted by Crippen LogP contribution is 2.45. The lowest BCUT2D eigenvalue weighted by atomic mass is 9.69. The molecule has 1 heterocycles. The van der Waals surface area contributed by atoms with Gasteiger partial charge in [-0.05, 0) is 42.9 Å². The van der Waals surface area contributed by atoms with Crippen LogP contribution in [-0.2, 0) is 4.74 Å². The van der Waals surface area contributed by atoms with Gasteiger partial charge in [0.1, 0.15) is 0 Å². The molecular formula is C15H24N2O2S. The van der Waals surface area contributed by atoms with Gasteiger partial charge in [-0.1, -0.05) is 20.8 Å². The van der Waals surface area contributed by atoms with Crippen molar-refractivity contribution >= 4 is 22.4 Å². The van der Waals surface area contributed by atoms with Gasteiger partial charge in [0.2, 0.25) is 0 Å². The summed E-state index contributed by atoms with van der Waals surface area (Å²) in [6.07, 6.45) is 4.61. The van der Waals surface area contributed by atoms with Crippen LogP contribution >= 0.6 is 11.3 Å². The largest absolute Gasteiger partial charge is 0.464 e. The number of rotatable bonds is 2. The van der Waals surface area contributed by atoms with Crippen LogP contribution in [0.5, 0.6) is 0 Å². The molecule has 1 fully saturated rings. The van der Waals surface area contributed by atoms with E-state index in [0.29, 0.717) is 22.2 Å². The van der Waals surface area contributed by atoms with Crippen LogP contribution in [0.3, 0.4) is 0 Å². The van der Waals surface area contributed by atoms with Crippen molar-refractivity contribution < 1.29 is 9.53 Å². The van der Waals surface area contributed by atoms with Crippen LogP contribution < -0.4 is 5.73 Å². The minimum Gasteiger partial charge on any atom is -0.464 e. The molecule has 1 saturated carbocycles. The first-order valence-corrected chi connectivity index (χ1v) is 7.99. The lowest BCUT2D eigenvalue weighted by Gasteiger charge is -2.36. The van der Waals surface area contributed by atoms with E-state index in [1.807, 2.05) is 0 Å². The Hall–Kier alpha value is -1.10. The number of methoxy groups -OCH3 is 1. The van der Waals surface area contributed by atoms with Crippen LogP contribution in [0.1, 0.15) is 67.7 Å². The van der Waals surface area contributed by atoms with Gasteiger partial charge in [-0.15, -0.1) is 11.3 Å². The monoisotopic (exact) mass is 296 g/mol. The molecule has 0 saturated heterocycles. The van der Waals surface area contributed by atoms with Crippen molar-refractivity contribution in [3.05, 3.63) is 10.6 Å². The van der Waals surface area contributed by atoms with E-state index in [-0.39, 0.29) is 5.97 Å². The molecule has 2 N–H and O–H groups in total. The minimum atomic E-state index is -0.370. The molecule has 0 atom stereocenters. The molecule has 0 radical (unpaired) electrons. The Balaban J connectivity index is 2.13. The van der Waals surface area contributed by atoms with Crippen molar-refractivity contribution in [2.45, 2.75) is 52.4 Å². The molecule has 1 aromatic rings. The number of carbonyl (C=O) groups excluding carboxylic acids is 1. The summed E-state index contributed by atoms with van der Waals surface area (Å²) in [5, 5.41) is 0.457. The number of nitrogens with zero attached hydrogens (tertiary/aromatic N) is 1. The van der Waals surface area contributed by atoms with Crippen LogP contribution in [0.4, 0.5) is 5.13 Å². The molecule has 4 nitrogen and oxygen atoms in total.